The molecule has 1 aromatic carbocycles. The highest BCUT2D eigenvalue weighted by Gasteiger charge is 2.42. The van der Waals surface area contributed by atoms with E-state index in [1.807, 2.05) is 11.0 Å². The average Bonchev–Trinajstić information content (AvgIpc) is 3.14. The van der Waals surface area contributed by atoms with Gasteiger partial charge in [0.2, 0.25) is 5.91 Å². The van der Waals surface area contributed by atoms with Crippen molar-refractivity contribution >= 4 is 11.6 Å². The Bertz CT molecular complexity index is 866. The zero-order valence-electron chi connectivity index (χ0n) is 20.4. The van der Waals surface area contributed by atoms with Gasteiger partial charge < -0.3 is 20.4 Å². The van der Waals surface area contributed by atoms with Crippen molar-refractivity contribution in [2.24, 2.45) is 5.92 Å². The molecule has 3 aliphatic heterocycles. The molecule has 4 unspecified atom stereocenters. The van der Waals surface area contributed by atoms with Crippen molar-refractivity contribution in [1.29, 1.82) is 0 Å². The lowest BCUT2D eigenvalue weighted by molar-refractivity contribution is -0.131. The molecule has 4 aliphatic rings. The first-order valence-electron chi connectivity index (χ1n) is 12.9. The molecule has 1 aliphatic carbocycles. The van der Waals surface area contributed by atoms with Crippen LogP contribution in [0, 0.1) is 18.7 Å². The fraction of sp³-hybridized carbons (Fsp3) is 0.731. The molecule has 0 aromatic heterocycles. The van der Waals surface area contributed by atoms with Crippen LogP contribution < -0.4 is 10.6 Å². The van der Waals surface area contributed by atoms with Crippen LogP contribution in [0.3, 0.4) is 0 Å². The van der Waals surface area contributed by atoms with Crippen LogP contribution in [0.25, 0.3) is 0 Å². The number of rotatable bonds is 5. The Balaban J connectivity index is 1.22. The minimum atomic E-state index is -0.0373. The number of anilines is 1. The Morgan fingerprint density at radius 2 is 1.94 bits per heavy atom. The molecule has 2 N–H and O–H groups in total. The lowest BCUT2D eigenvalue weighted by Gasteiger charge is -2.45. The van der Waals surface area contributed by atoms with E-state index in [1.165, 1.54) is 19.3 Å². The standard InChI is InChI=1S/C26H40FN5O/c1-17-7-8-22(27)25-24(19-5-4-6-19)23(29-26(17)25)14-28-20-13-21(16-30(3)15-20)32-11-9-31(10-12-32)18(2)33/h7-8,19-21,23-24,28-29H,4-6,9-16H2,1-3H3. The molecular weight excluding hydrogens is 417 g/mol. The molecule has 0 spiro atoms. The van der Waals surface area contributed by atoms with Gasteiger partial charge in [0, 0.05) is 88.0 Å². The summed E-state index contributed by atoms with van der Waals surface area (Å²) in [5.41, 5.74) is 3.13. The van der Waals surface area contributed by atoms with E-state index in [2.05, 4.69) is 34.4 Å². The Hall–Kier alpha value is -1.70. The predicted octanol–water partition coefficient (Wildman–Crippen LogP) is 2.64. The van der Waals surface area contributed by atoms with Crippen molar-refractivity contribution in [1.82, 2.24) is 20.0 Å². The molecule has 7 heteroatoms. The monoisotopic (exact) mass is 457 g/mol. The van der Waals surface area contributed by atoms with Gasteiger partial charge in [-0.25, -0.2) is 4.39 Å². The van der Waals surface area contributed by atoms with E-state index in [-0.39, 0.29) is 23.7 Å². The van der Waals surface area contributed by atoms with E-state index in [4.69, 9.17) is 0 Å². The fourth-order valence-electron chi connectivity index (χ4n) is 6.63. The van der Waals surface area contributed by atoms with Gasteiger partial charge in [0.05, 0.1) is 0 Å². The number of piperazine rings is 1. The maximum Gasteiger partial charge on any atom is 0.219 e. The smallest absolute Gasteiger partial charge is 0.219 e. The maximum absolute atomic E-state index is 14.9. The molecule has 33 heavy (non-hydrogen) atoms. The summed E-state index contributed by atoms with van der Waals surface area (Å²) in [6, 6.07) is 4.76. The number of fused-ring (bicyclic) bond motifs is 1. The van der Waals surface area contributed by atoms with E-state index in [9.17, 15) is 9.18 Å². The minimum absolute atomic E-state index is 0.0373. The second-order valence-corrected chi connectivity index (χ2v) is 10.9. The lowest BCUT2D eigenvalue weighted by Crippen LogP contribution is -2.59. The summed E-state index contributed by atoms with van der Waals surface area (Å²) in [6.45, 7) is 10.4. The summed E-state index contributed by atoms with van der Waals surface area (Å²) in [4.78, 5) is 18.7. The highest BCUT2D eigenvalue weighted by Crippen LogP contribution is 2.49. The van der Waals surface area contributed by atoms with Gasteiger partial charge in [-0.05, 0) is 50.8 Å². The van der Waals surface area contributed by atoms with Gasteiger partial charge >= 0.3 is 0 Å². The fourth-order valence-corrected chi connectivity index (χ4v) is 6.63. The summed E-state index contributed by atoms with van der Waals surface area (Å²) in [6.07, 6.45) is 4.84. The van der Waals surface area contributed by atoms with Crippen molar-refractivity contribution in [2.45, 2.75) is 63.6 Å². The third-order valence-corrected chi connectivity index (χ3v) is 8.67. The number of nitrogens with one attached hydrogen (secondary N) is 2. The third kappa shape index (κ3) is 4.64. The van der Waals surface area contributed by atoms with E-state index >= 15 is 0 Å². The highest BCUT2D eigenvalue weighted by atomic mass is 19.1. The number of amides is 1. The van der Waals surface area contributed by atoms with Crippen LogP contribution in [-0.2, 0) is 4.79 Å². The summed E-state index contributed by atoms with van der Waals surface area (Å²) in [5.74, 6) is 1.02. The average molecular weight is 458 g/mol. The minimum Gasteiger partial charge on any atom is -0.380 e. The van der Waals surface area contributed by atoms with Crippen molar-refractivity contribution in [2.75, 3.05) is 58.2 Å². The van der Waals surface area contributed by atoms with Crippen LogP contribution >= 0.6 is 0 Å². The first-order valence-corrected chi connectivity index (χ1v) is 12.9. The number of aryl methyl sites for hydroxylation is 1. The Labute approximate surface area is 197 Å². The second-order valence-electron chi connectivity index (χ2n) is 10.9. The molecule has 3 fully saturated rings. The topological polar surface area (TPSA) is 50.9 Å². The molecule has 182 valence electrons. The van der Waals surface area contributed by atoms with Crippen LogP contribution in [-0.4, -0.2) is 91.6 Å². The molecule has 0 radical (unpaired) electrons. The predicted molar refractivity (Wildman–Crippen MR) is 130 cm³/mol. The molecule has 5 rings (SSSR count). The van der Waals surface area contributed by atoms with Gasteiger partial charge in [-0.3, -0.25) is 9.69 Å². The van der Waals surface area contributed by atoms with Crippen molar-refractivity contribution in [3.8, 4) is 0 Å². The number of halogens is 1. The SMILES string of the molecule is CC(=O)N1CCN(C2CC(NCC3Nc4c(C)ccc(F)c4C3C3CCC3)CN(C)C2)CC1. The van der Waals surface area contributed by atoms with Crippen LogP contribution in [0.5, 0.6) is 0 Å². The van der Waals surface area contributed by atoms with Crippen molar-refractivity contribution in [3.63, 3.8) is 0 Å². The number of hydrogen-bond acceptors (Lipinski definition) is 5. The molecule has 1 aromatic rings. The molecule has 1 saturated carbocycles. The number of benzene rings is 1. The Kier molecular flexibility index (Phi) is 6.65. The number of carbonyl (C=O) groups is 1. The van der Waals surface area contributed by atoms with Crippen molar-refractivity contribution < 1.29 is 9.18 Å². The van der Waals surface area contributed by atoms with Crippen LogP contribution in [0.2, 0.25) is 0 Å². The maximum atomic E-state index is 14.9. The van der Waals surface area contributed by atoms with E-state index in [0.717, 1.165) is 69.0 Å². The quantitative estimate of drug-likeness (QED) is 0.712. The first-order chi connectivity index (χ1) is 15.9. The van der Waals surface area contributed by atoms with Gasteiger partial charge in [0.1, 0.15) is 5.82 Å². The number of hydrogen-bond donors (Lipinski definition) is 2. The molecule has 0 bridgehead atoms. The molecule has 3 heterocycles. The largest absolute Gasteiger partial charge is 0.380 e. The van der Waals surface area contributed by atoms with E-state index in [0.29, 0.717) is 18.0 Å². The summed E-state index contributed by atoms with van der Waals surface area (Å²) in [5, 5.41) is 7.60. The molecule has 1 amide bonds. The van der Waals surface area contributed by atoms with Crippen molar-refractivity contribution in [3.05, 3.63) is 29.1 Å². The zero-order valence-corrected chi connectivity index (χ0v) is 20.4. The van der Waals surface area contributed by atoms with Crippen LogP contribution in [0.4, 0.5) is 10.1 Å². The van der Waals surface area contributed by atoms with Gasteiger partial charge in [-0.1, -0.05) is 12.5 Å². The number of likely N-dealkylation sites (tertiary alicyclic amines) is 1. The molecular formula is C26H40FN5O. The van der Waals surface area contributed by atoms with Gasteiger partial charge in [-0.15, -0.1) is 0 Å². The Morgan fingerprint density at radius 1 is 1.18 bits per heavy atom. The number of likely N-dealkylation sites (N-methyl/N-ethyl adjacent to an activating group) is 1. The van der Waals surface area contributed by atoms with Gasteiger partial charge in [-0.2, -0.15) is 0 Å². The van der Waals surface area contributed by atoms with Crippen LogP contribution in [0.1, 0.15) is 49.7 Å². The molecule has 4 atom stereocenters. The normalized spacial score (nSPS) is 31.2. The van der Waals surface area contributed by atoms with Crippen LogP contribution in [0.15, 0.2) is 12.1 Å². The highest BCUT2D eigenvalue weighted by molar-refractivity contribution is 5.73. The molecule has 6 nitrogen and oxygen atoms in total. The molecule has 2 saturated heterocycles. The number of carbonyl (C=O) groups excluding carboxylic acids is 1. The summed E-state index contributed by atoms with van der Waals surface area (Å²) < 4.78 is 14.9. The van der Waals surface area contributed by atoms with E-state index < -0.39 is 0 Å². The third-order valence-electron chi connectivity index (χ3n) is 8.67. The second kappa shape index (κ2) is 9.51. The summed E-state index contributed by atoms with van der Waals surface area (Å²) >= 11 is 0. The summed E-state index contributed by atoms with van der Waals surface area (Å²) in [7, 11) is 2.21. The van der Waals surface area contributed by atoms with Gasteiger partial charge in [0.25, 0.3) is 0 Å². The lowest BCUT2D eigenvalue weighted by atomic mass is 9.71. The van der Waals surface area contributed by atoms with E-state index in [1.54, 1.807) is 13.0 Å². The number of piperidine rings is 1. The number of nitrogens with zero attached hydrogens (tertiary/aromatic N) is 3. The zero-order chi connectivity index (χ0) is 23.1. The Morgan fingerprint density at radius 3 is 2.61 bits per heavy atom. The van der Waals surface area contributed by atoms with Gasteiger partial charge in [0.15, 0.2) is 0 Å². The first kappa shape index (κ1) is 23.1.